The molecule has 1 N–H and O–H groups in total. The number of amides is 1. The minimum absolute atomic E-state index is 0.0191. The molecular formula is C27H26BrN5O4S. The van der Waals surface area contributed by atoms with Crippen molar-refractivity contribution in [1.29, 1.82) is 0 Å². The standard InChI is InChI=1S/C27H26BrN5O4S/c1-27(2,3)18-7-5-17(6-8-18)25-30-31-26(32(25)20-11-9-19(28)10-12-20)38-16-24(34)29-22-14-13-21(37-4)15-23(22)33(35)36/h5-15H,16H2,1-4H3,(H,29,34). The molecule has 0 aliphatic rings. The van der Waals surface area contributed by atoms with Crippen LogP contribution in [0.3, 0.4) is 0 Å². The van der Waals surface area contributed by atoms with Crippen molar-refractivity contribution in [2.75, 3.05) is 18.2 Å². The molecule has 0 radical (unpaired) electrons. The van der Waals surface area contributed by atoms with Gasteiger partial charge in [-0.15, -0.1) is 10.2 Å². The average molecular weight is 597 g/mol. The third-order valence-electron chi connectivity index (χ3n) is 5.74. The minimum atomic E-state index is -0.563. The molecule has 0 aliphatic heterocycles. The van der Waals surface area contributed by atoms with Gasteiger partial charge >= 0.3 is 0 Å². The lowest BCUT2D eigenvalue weighted by atomic mass is 9.87. The molecule has 0 spiro atoms. The number of methoxy groups -OCH3 is 1. The molecule has 4 rings (SSSR count). The molecule has 4 aromatic rings. The molecular weight excluding hydrogens is 570 g/mol. The second kappa shape index (κ2) is 11.4. The van der Waals surface area contributed by atoms with Crippen LogP contribution in [0.1, 0.15) is 26.3 Å². The highest BCUT2D eigenvalue weighted by atomic mass is 79.9. The maximum absolute atomic E-state index is 12.8. The predicted octanol–water partition coefficient (Wildman–Crippen LogP) is 6.64. The van der Waals surface area contributed by atoms with E-state index in [2.05, 4.69) is 64.3 Å². The van der Waals surface area contributed by atoms with Crippen LogP contribution in [0.15, 0.2) is 76.4 Å². The Bertz CT molecular complexity index is 1460. The fraction of sp³-hybridized carbons (Fsp3) is 0.222. The lowest BCUT2D eigenvalue weighted by Gasteiger charge is -2.19. The number of halogens is 1. The third kappa shape index (κ3) is 6.22. The molecule has 0 unspecified atom stereocenters. The summed E-state index contributed by atoms with van der Waals surface area (Å²) in [5.41, 5.74) is 2.79. The number of nitro groups is 1. The van der Waals surface area contributed by atoms with E-state index in [0.717, 1.165) is 15.7 Å². The molecule has 3 aromatic carbocycles. The fourth-order valence-corrected chi connectivity index (χ4v) is 4.72. The summed E-state index contributed by atoms with van der Waals surface area (Å²) in [5.74, 6) is 0.529. The zero-order valence-electron chi connectivity index (χ0n) is 21.3. The Morgan fingerprint density at radius 3 is 2.37 bits per heavy atom. The highest BCUT2D eigenvalue weighted by Crippen LogP contribution is 2.32. The zero-order valence-corrected chi connectivity index (χ0v) is 23.7. The van der Waals surface area contributed by atoms with Gasteiger partial charge in [0.1, 0.15) is 11.4 Å². The van der Waals surface area contributed by atoms with Crippen molar-refractivity contribution in [2.24, 2.45) is 0 Å². The van der Waals surface area contributed by atoms with Crippen molar-refractivity contribution in [3.63, 3.8) is 0 Å². The van der Waals surface area contributed by atoms with Crippen molar-refractivity contribution in [3.8, 4) is 22.8 Å². The van der Waals surface area contributed by atoms with E-state index in [1.165, 1.54) is 36.6 Å². The molecule has 0 aliphatic carbocycles. The Hall–Kier alpha value is -3.70. The number of hydrogen-bond acceptors (Lipinski definition) is 7. The first-order valence-corrected chi connectivity index (χ1v) is 13.4. The topological polar surface area (TPSA) is 112 Å². The number of rotatable bonds is 8. The van der Waals surface area contributed by atoms with Crippen molar-refractivity contribution in [3.05, 3.63) is 86.9 Å². The van der Waals surface area contributed by atoms with Crippen LogP contribution >= 0.6 is 27.7 Å². The first-order chi connectivity index (χ1) is 18.1. The van der Waals surface area contributed by atoms with Gasteiger partial charge in [0, 0.05) is 15.7 Å². The van der Waals surface area contributed by atoms with E-state index < -0.39 is 10.8 Å². The van der Waals surface area contributed by atoms with E-state index in [4.69, 9.17) is 4.74 Å². The highest BCUT2D eigenvalue weighted by molar-refractivity contribution is 9.10. The van der Waals surface area contributed by atoms with Gasteiger partial charge in [-0.2, -0.15) is 0 Å². The van der Waals surface area contributed by atoms with Crippen molar-refractivity contribution in [1.82, 2.24) is 14.8 Å². The molecule has 196 valence electrons. The van der Waals surface area contributed by atoms with Crippen LogP contribution in [0, 0.1) is 10.1 Å². The molecule has 0 saturated carbocycles. The Morgan fingerprint density at radius 1 is 1.08 bits per heavy atom. The van der Waals surface area contributed by atoms with Gasteiger partial charge in [-0.3, -0.25) is 19.5 Å². The number of benzene rings is 3. The second-order valence-electron chi connectivity index (χ2n) is 9.42. The average Bonchev–Trinajstić information content (AvgIpc) is 3.31. The zero-order chi connectivity index (χ0) is 27.4. The van der Waals surface area contributed by atoms with E-state index in [0.29, 0.717) is 16.7 Å². The molecule has 1 heterocycles. The molecule has 9 nitrogen and oxygen atoms in total. The van der Waals surface area contributed by atoms with E-state index in [9.17, 15) is 14.9 Å². The third-order valence-corrected chi connectivity index (χ3v) is 7.19. The highest BCUT2D eigenvalue weighted by Gasteiger charge is 2.21. The first kappa shape index (κ1) is 27.3. The van der Waals surface area contributed by atoms with Gasteiger partial charge in [-0.05, 0) is 47.4 Å². The van der Waals surface area contributed by atoms with Crippen molar-refractivity contribution < 1.29 is 14.5 Å². The number of nitrogens with one attached hydrogen (secondary N) is 1. The molecule has 38 heavy (non-hydrogen) atoms. The summed E-state index contributed by atoms with van der Waals surface area (Å²) in [6, 6.07) is 20.2. The Labute approximate surface area is 232 Å². The number of nitro benzene ring substituents is 1. The normalized spacial score (nSPS) is 11.3. The molecule has 1 amide bonds. The van der Waals surface area contributed by atoms with E-state index in [1.807, 2.05) is 41.0 Å². The Kier molecular flexibility index (Phi) is 8.17. The smallest absolute Gasteiger partial charge is 0.296 e. The molecule has 0 bridgehead atoms. The number of nitrogens with zero attached hydrogens (tertiary/aromatic N) is 4. The van der Waals surface area contributed by atoms with Gasteiger partial charge in [-0.1, -0.05) is 72.7 Å². The van der Waals surface area contributed by atoms with Crippen molar-refractivity contribution >= 4 is 45.0 Å². The number of hydrogen-bond donors (Lipinski definition) is 1. The summed E-state index contributed by atoms with van der Waals surface area (Å²) >= 11 is 4.66. The number of anilines is 1. The maximum Gasteiger partial charge on any atom is 0.296 e. The second-order valence-corrected chi connectivity index (χ2v) is 11.3. The summed E-state index contributed by atoms with van der Waals surface area (Å²) in [6.45, 7) is 6.48. The predicted molar refractivity (Wildman–Crippen MR) is 152 cm³/mol. The lowest BCUT2D eigenvalue weighted by molar-refractivity contribution is -0.384. The van der Waals surface area contributed by atoms with E-state index in [1.54, 1.807) is 6.07 Å². The minimum Gasteiger partial charge on any atom is -0.496 e. The van der Waals surface area contributed by atoms with Crippen LogP contribution < -0.4 is 10.1 Å². The molecule has 0 saturated heterocycles. The largest absolute Gasteiger partial charge is 0.496 e. The van der Waals surface area contributed by atoms with E-state index in [-0.39, 0.29) is 22.5 Å². The molecule has 11 heteroatoms. The summed E-state index contributed by atoms with van der Waals surface area (Å²) in [7, 11) is 1.42. The number of carbonyl (C=O) groups is 1. The Morgan fingerprint density at radius 2 is 1.76 bits per heavy atom. The SMILES string of the molecule is COc1ccc(NC(=O)CSc2nnc(-c3ccc(C(C)(C)C)cc3)n2-c2ccc(Br)cc2)c([N+](=O)[O-])c1. The van der Waals surface area contributed by atoms with Crippen LogP contribution in [-0.4, -0.2) is 38.5 Å². The first-order valence-electron chi connectivity index (χ1n) is 11.6. The molecule has 0 atom stereocenters. The number of ether oxygens (including phenoxy) is 1. The van der Waals surface area contributed by atoms with Gasteiger partial charge in [0.2, 0.25) is 5.91 Å². The molecule has 0 fully saturated rings. The summed E-state index contributed by atoms with van der Waals surface area (Å²) in [4.78, 5) is 23.7. The van der Waals surface area contributed by atoms with Gasteiger partial charge < -0.3 is 10.1 Å². The monoisotopic (exact) mass is 595 g/mol. The maximum atomic E-state index is 12.8. The summed E-state index contributed by atoms with van der Waals surface area (Å²) < 4.78 is 7.88. The van der Waals surface area contributed by atoms with Gasteiger partial charge in [0.25, 0.3) is 5.69 Å². The fourth-order valence-electron chi connectivity index (χ4n) is 3.70. The van der Waals surface area contributed by atoms with Gasteiger partial charge in [-0.25, -0.2) is 0 Å². The number of carbonyl (C=O) groups excluding carboxylic acids is 1. The van der Waals surface area contributed by atoms with Gasteiger partial charge in [0.05, 0.1) is 23.9 Å². The quantitative estimate of drug-likeness (QED) is 0.138. The number of aromatic nitrogens is 3. The summed E-state index contributed by atoms with van der Waals surface area (Å²) in [6.07, 6.45) is 0. The van der Waals surface area contributed by atoms with Crippen LogP contribution in [0.4, 0.5) is 11.4 Å². The van der Waals surface area contributed by atoms with Crippen LogP contribution in [0.2, 0.25) is 0 Å². The van der Waals surface area contributed by atoms with Crippen LogP contribution in [-0.2, 0) is 10.2 Å². The van der Waals surface area contributed by atoms with Crippen molar-refractivity contribution in [2.45, 2.75) is 31.3 Å². The van der Waals surface area contributed by atoms with E-state index >= 15 is 0 Å². The Balaban J connectivity index is 1.61. The lowest BCUT2D eigenvalue weighted by Crippen LogP contribution is -2.15. The van der Waals surface area contributed by atoms with Crippen LogP contribution in [0.5, 0.6) is 5.75 Å². The van der Waals surface area contributed by atoms with Crippen LogP contribution in [0.25, 0.3) is 17.1 Å². The molecule has 1 aromatic heterocycles. The van der Waals surface area contributed by atoms with Gasteiger partial charge in [0.15, 0.2) is 11.0 Å². The number of thioether (sulfide) groups is 1. The summed E-state index contributed by atoms with van der Waals surface area (Å²) in [5, 5.41) is 23.4.